The molecule has 0 saturated heterocycles. The number of aliphatic hydroxyl groups excluding tert-OH is 1. The first-order valence-electron chi connectivity index (χ1n) is 8.30. The van der Waals surface area contributed by atoms with Crippen LogP contribution in [0.5, 0.6) is 5.75 Å². The van der Waals surface area contributed by atoms with Gasteiger partial charge in [-0.15, -0.1) is 0 Å². The quantitative estimate of drug-likeness (QED) is 0.554. The minimum Gasteiger partial charge on any atom is -0.495 e. The second kappa shape index (κ2) is 6.95. The van der Waals surface area contributed by atoms with E-state index in [0.29, 0.717) is 22.1 Å². The summed E-state index contributed by atoms with van der Waals surface area (Å²) in [6.45, 7) is -0.144. The summed E-state index contributed by atoms with van der Waals surface area (Å²) in [6, 6.07) is 16.1. The number of carbonyl (C=O) groups is 1. The van der Waals surface area contributed by atoms with Crippen LogP contribution in [0.2, 0.25) is 5.02 Å². The van der Waals surface area contributed by atoms with Gasteiger partial charge in [0.05, 0.1) is 24.3 Å². The number of benzene rings is 2. The molecular formula is C21H16ClNO4. The fraction of sp³-hybridized carbons (Fsp3) is 0.0952. The summed E-state index contributed by atoms with van der Waals surface area (Å²) in [4.78, 5) is 12.9. The van der Waals surface area contributed by atoms with Gasteiger partial charge in [-0.05, 0) is 36.4 Å². The predicted molar refractivity (Wildman–Crippen MR) is 103 cm³/mol. The molecule has 0 aliphatic carbocycles. The SMILES string of the molecule is COc1ccc(-c2ccc(C(=O)n3cc(CO)c4ccccc43)o2)cc1Cl. The van der Waals surface area contributed by atoms with Crippen molar-refractivity contribution in [1.82, 2.24) is 4.57 Å². The van der Waals surface area contributed by atoms with Crippen LogP contribution >= 0.6 is 11.6 Å². The third kappa shape index (κ3) is 3.01. The number of para-hydroxylation sites is 1. The number of aliphatic hydroxyl groups is 1. The van der Waals surface area contributed by atoms with Crippen LogP contribution in [0.4, 0.5) is 0 Å². The lowest BCUT2D eigenvalue weighted by Gasteiger charge is -2.04. The largest absolute Gasteiger partial charge is 0.495 e. The first-order chi connectivity index (χ1) is 13.1. The molecule has 0 spiro atoms. The Bertz CT molecular complexity index is 1140. The summed E-state index contributed by atoms with van der Waals surface area (Å²) < 4.78 is 12.4. The molecule has 0 aliphatic rings. The lowest BCUT2D eigenvalue weighted by atomic mass is 10.2. The number of furan rings is 1. The Balaban J connectivity index is 1.72. The van der Waals surface area contributed by atoms with Crippen molar-refractivity contribution in [1.29, 1.82) is 0 Å². The summed E-state index contributed by atoms with van der Waals surface area (Å²) in [7, 11) is 1.55. The lowest BCUT2D eigenvalue weighted by Crippen LogP contribution is -2.09. The topological polar surface area (TPSA) is 64.6 Å². The van der Waals surface area contributed by atoms with Gasteiger partial charge in [-0.2, -0.15) is 0 Å². The van der Waals surface area contributed by atoms with Crippen LogP contribution in [0, 0.1) is 0 Å². The molecule has 1 N–H and O–H groups in total. The summed E-state index contributed by atoms with van der Waals surface area (Å²) in [5.41, 5.74) is 2.15. The van der Waals surface area contributed by atoms with Gasteiger partial charge in [0.2, 0.25) is 0 Å². The molecule has 2 aromatic carbocycles. The molecule has 0 atom stereocenters. The first-order valence-corrected chi connectivity index (χ1v) is 8.68. The van der Waals surface area contributed by atoms with Crippen LogP contribution in [-0.4, -0.2) is 22.7 Å². The van der Waals surface area contributed by atoms with Crippen molar-refractivity contribution >= 4 is 28.4 Å². The third-order valence-electron chi connectivity index (χ3n) is 4.44. The zero-order valence-corrected chi connectivity index (χ0v) is 15.2. The van der Waals surface area contributed by atoms with Gasteiger partial charge in [0.15, 0.2) is 5.76 Å². The number of rotatable bonds is 4. The zero-order valence-electron chi connectivity index (χ0n) is 14.5. The highest BCUT2D eigenvalue weighted by Gasteiger charge is 2.18. The van der Waals surface area contributed by atoms with E-state index >= 15 is 0 Å². The van der Waals surface area contributed by atoms with Gasteiger partial charge in [0.1, 0.15) is 11.5 Å². The Morgan fingerprint density at radius 3 is 2.74 bits per heavy atom. The van der Waals surface area contributed by atoms with Gasteiger partial charge in [-0.1, -0.05) is 29.8 Å². The Labute approximate surface area is 160 Å². The van der Waals surface area contributed by atoms with Gasteiger partial charge in [0.25, 0.3) is 5.91 Å². The maximum Gasteiger partial charge on any atom is 0.298 e. The third-order valence-corrected chi connectivity index (χ3v) is 4.73. The molecule has 4 aromatic rings. The Kier molecular flexibility index (Phi) is 4.48. The van der Waals surface area contributed by atoms with E-state index in [1.54, 1.807) is 37.6 Å². The molecule has 0 amide bonds. The molecule has 6 heteroatoms. The summed E-state index contributed by atoms with van der Waals surface area (Å²) in [6.07, 6.45) is 1.64. The molecule has 0 bridgehead atoms. The second-order valence-electron chi connectivity index (χ2n) is 6.02. The van der Waals surface area contributed by atoms with Crippen LogP contribution < -0.4 is 4.74 Å². The Hall–Kier alpha value is -3.02. The van der Waals surface area contributed by atoms with Gasteiger partial charge in [-0.25, -0.2) is 0 Å². The highest BCUT2D eigenvalue weighted by Crippen LogP contribution is 2.31. The maximum atomic E-state index is 12.9. The number of fused-ring (bicyclic) bond motifs is 1. The van der Waals surface area contributed by atoms with E-state index in [1.807, 2.05) is 30.3 Å². The second-order valence-corrected chi connectivity index (χ2v) is 6.43. The zero-order chi connectivity index (χ0) is 19.0. The average molecular weight is 382 g/mol. The molecule has 136 valence electrons. The van der Waals surface area contributed by atoms with E-state index in [0.717, 1.165) is 16.5 Å². The standard InChI is InChI=1S/C21H16ClNO4/c1-26-19-7-6-13(10-16(19)22)18-8-9-20(27-18)21(25)23-11-14(12-24)15-4-2-3-5-17(15)23/h2-11,24H,12H2,1H3. The Morgan fingerprint density at radius 2 is 2.00 bits per heavy atom. The summed E-state index contributed by atoms with van der Waals surface area (Å²) in [5, 5.41) is 10.8. The van der Waals surface area contributed by atoms with Crippen molar-refractivity contribution in [3.63, 3.8) is 0 Å². The van der Waals surface area contributed by atoms with Gasteiger partial charge >= 0.3 is 0 Å². The highest BCUT2D eigenvalue weighted by atomic mass is 35.5. The number of aromatic nitrogens is 1. The van der Waals surface area contributed by atoms with E-state index < -0.39 is 0 Å². The van der Waals surface area contributed by atoms with Crippen LogP contribution in [0.15, 0.2) is 65.2 Å². The maximum absolute atomic E-state index is 12.9. The van der Waals surface area contributed by atoms with Crippen molar-refractivity contribution < 1.29 is 19.1 Å². The number of carbonyl (C=O) groups excluding carboxylic acids is 1. The van der Waals surface area contributed by atoms with E-state index in [1.165, 1.54) is 4.57 Å². The van der Waals surface area contributed by atoms with Crippen LogP contribution in [-0.2, 0) is 6.61 Å². The number of ether oxygens (including phenoxy) is 1. The van der Waals surface area contributed by atoms with Crippen molar-refractivity contribution in [3.05, 3.63) is 77.1 Å². The van der Waals surface area contributed by atoms with Crippen molar-refractivity contribution in [2.75, 3.05) is 7.11 Å². The minimum atomic E-state index is -0.309. The minimum absolute atomic E-state index is 0.144. The normalized spacial score (nSPS) is 11.1. The van der Waals surface area contributed by atoms with Gasteiger partial charge < -0.3 is 14.3 Å². The molecule has 0 saturated carbocycles. The van der Waals surface area contributed by atoms with Crippen molar-refractivity contribution in [2.45, 2.75) is 6.61 Å². The number of nitrogens with zero attached hydrogens (tertiary/aromatic N) is 1. The highest BCUT2D eigenvalue weighted by molar-refractivity contribution is 6.32. The fourth-order valence-electron chi connectivity index (χ4n) is 3.09. The van der Waals surface area contributed by atoms with Gasteiger partial charge in [-0.3, -0.25) is 9.36 Å². The molecule has 2 aromatic heterocycles. The van der Waals surface area contributed by atoms with E-state index in [4.69, 9.17) is 20.8 Å². The van der Waals surface area contributed by atoms with Crippen LogP contribution in [0.3, 0.4) is 0 Å². The predicted octanol–water partition coefficient (Wildman–Crippen LogP) is 4.74. The number of methoxy groups -OCH3 is 1. The molecule has 27 heavy (non-hydrogen) atoms. The fourth-order valence-corrected chi connectivity index (χ4v) is 3.35. The van der Waals surface area contributed by atoms with Gasteiger partial charge in [0, 0.05) is 22.7 Å². The summed E-state index contributed by atoms with van der Waals surface area (Å²) >= 11 is 6.17. The molecule has 0 radical (unpaired) electrons. The average Bonchev–Trinajstić information content (AvgIpc) is 3.32. The van der Waals surface area contributed by atoms with Crippen molar-refractivity contribution in [2.24, 2.45) is 0 Å². The Morgan fingerprint density at radius 1 is 1.19 bits per heavy atom. The monoisotopic (exact) mass is 381 g/mol. The molecule has 0 unspecified atom stereocenters. The van der Waals surface area contributed by atoms with Crippen LogP contribution in [0.25, 0.3) is 22.2 Å². The molecule has 4 rings (SSSR count). The molecule has 0 aliphatic heterocycles. The first kappa shape index (κ1) is 17.4. The number of hydrogen-bond acceptors (Lipinski definition) is 4. The molecule has 5 nitrogen and oxygen atoms in total. The van der Waals surface area contributed by atoms with Crippen molar-refractivity contribution in [3.8, 4) is 17.1 Å². The molecular weight excluding hydrogens is 366 g/mol. The summed E-state index contributed by atoms with van der Waals surface area (Å²) in [5.74, 6) is 0.985. The van der Waals surface area contributed by atoms with E-state index in [9.17, 15) is 9.90 Å². The number of hydrogen-bond donors (Lipinski definition) is 1. The smallest absolute Gasteiger partial charge is 0.298 e. The molecule has 2 heterocycles. The molecule has 0 fully saturated rings. The number of halogens is 1. The van der Waals surface area contributed by atoms with E-state index in [-0.39, 0.29) is 18.3 Å². The van der Waals surface area contributed by atoms with E-state index in [2.05, 4.69) is 0 Å². The van der Waals surface area contributed by atoms with Crippen LogP contribution in [0.1, 0.15) is 16.1 Å². The lowest BCUT2D eigenvalue weighted by molar-refractivity contribution is 0.0938.